The zero-order chi connectivity index (χ0) is 39.5. The van der Waals surface area contributed by atoms with Gasteiger partial charge in [-0.3, -0.25) is 29.6 Å². The van der Waals surface area contributed by atoms with E-state index in [2.05, 4.69) is 50.9 Å². The van der Waals surface area contributed by atoms with E-state index >= 15 is 0 Å². The monoisotopic (exact) mass is 770 g/mol. The van der Waals surface area contributed by atoms with E-state index in [-0.39, 0.29) is 11.3 Å². The van der Waals surface area contributed by atoms with E-state index in [4.69, 9.17) is 24.5 Å². The predicted molar refractivity (Wildman–Crippen MR) is 214 cm³/mol. The van der Waals surface area contributed by atoms with Gasteiger partial charge in [0.05, 0.1) is 60.6 Å². The minimum atomic E-state index is -0.555. The van der Waals surface area contributed by atoms with E-state index in [1.54, 1.807) is 42.6 Å². The van der Waals surface area contributed by atoms with Crippen LogP contribution in [0.15, 0.2) is 78.9 Å². The molecule has 6 fully saturated rings. The van der Waals surface area contributed by atoms with E-state index in [0.717, 1.165) is 50.3 Å². The first-order valence-electron chi connectivity index (χ1n) is 19.9. The molecule has 14 nitrogen and oxygen atoms in total. The number of pyridine rings is 2. The van der Waals surface area contributed by atoms with E-state index in [1.807, 2.05) is 47.9 Å². The van der Waals surface area contributed by atoms with Gasteiger partial charge in [-0.1, -0.05) is 26.3 Å². The number of carboxylic acids is 1. The molecule has 296 valence electrons. The third-order valence-corrected chi connectivity index (χ3v) is 12.2. The minimum absolute atomic E-state index is 0.0359. The molecule has 4 aromatic heterocycles. The van der Waals surface area contributed by atoms with Crippen molar-refractivity contribution < 1.29 is 19.4 Å². The van der Waals surface area contributed by atoms with Crippen LogP contribution in [0.3, 0.4) is 0 Å². The SMILES string of the molecule is COc1ccc(CN2C3CC2CN(CC(C)(C)c2cnc(-c4cc(OCCN5C=CC=NC=C5)cn5ncc(C#N)c45)cn2)C3)cn1.O=C(O)C1C2CCCC1C2. The summed E-state index contributed by atoms with van der Waals surface area (Å²) in [4.78, 5) is 36.0. The van der Waals surface area contributed by atoms with Crippen molar-refractivity contribution in [3.05, 3.63) is 90.7 Å². The van der Waals surface area contributed by atoms with Crippen molar-refractivity contribution in [2.75, 3.05) is 39.9 Å². The molecule has 0 aromatic carbocycles. The Kier molecular flexibility index (Phi) is 11.0. The largest absolute Gasteiger partial charge is 0.490 e. The van der Waals surface area contributed by atoms with Crippen molar-refractivity contribution in [3.8, 4) is 29.0 Å². The standard InChI is InChI=1S/C35H38N10O2.C8H12O2/c1-35(2,24-43-21-27-13-28(22-43)44(27)20-25-5-6-33(46-3)40-16-25)32-19-38-31(18-39-32)30-14-29(23-45-34(30)26(15-36)17-41-45)47-12-11-42-9-4-7-37-8-10-42;9-8(10)7-5-2-1-3-6(7)4-5/h4-10,14,16-19,23,27-28H,11-13,20-22,24H2,1-3H3;5-7H,1-4H2,(H,9,10). The predicted octanol–water partition coefficient (Wildman–Crippen LogP) is 5.56. The van der Waals surface area contributed by atoms with Crippen LogP contribution in [-0.4, -0.2) is 109 Å². The van der Waals surface area contributed by atoms with Gasteiger partial charge >= 0.3 is 5.97 Å². The van der Waals surface area contributed by atoms with Crippen LogP contribution < -0.4 is 9.47 Å². The molecule has 4 aromatic rings. The molecule has 4 unspecified atom stereocenters. The van der Waals surface area contributed by atoms with Gasteiger partial charge in [-0.2, -0.15) is 10.4 Å². The summed E-state index contributed by atoms with van der Waals surface area (Å²) in [6, 6.07) is 9.31. The number of ether oxygens (including phenoxy) is 2. The lowest BCUT2D eigenvalue weighted by atomic mass is 9.57. The summed E-state index contributed by atoms with van der Waals surface area (Å²) in [7, 11) is 1.64. The number of allylic oxidation sites excluding steroid dienone is 1. The molecule has 14 heteroatoms. The summed E-state index contributed by atoms with van der Waals surface area (Å²) in [5.74, 6) is 1.83. The fourth-order valence-electron chi connectivity index (χ4n) is 9.26. The van der Waals surface area contributed by atoms with Gasteiger partial charge in [0, 0.05) is 92.5 Å². The Labute approximate surface area is 333 Å². The van der Waals surface area contributed by atoms with Crippen molar-refractivity contribution in [3.63, 3.8) is 0 Å². The van der Waals surface area contributed by atoms with Crippen molar-refractivity contribution in [2.45, 2.75) is 70.0 Å². The van der Waals surface area contributed by atoms with E-state index in [0.29, 0.717) is 65.5 Å². The van der Waals surface area contributed by atoms with Crippen LogP contribution in [0.25, 0.3) is 16.8 Å². The van der Waals surface area contributed by atoms with Gasteiger partial charge in [-0.25, -0.2) is 9.50 Å². The number of hydrogen-bond donors (Lipinski definition) is 1. The maximum Gasteiger partial charge on any atom is 0.307 e. The number of carbonyl (C=O) groups is 1. The lowest BCUT2D eigenvalue weighted by Crippen LogP contribution is -2.68. The summed E-state index contributed by atoms with van der Waals surface area (Å²) >= 11 is 0. The van der Waals surface area contributed by atoms with Gasteiger partial charge in [-0.05, 0) is 55.2 Å². The van der Waals surface area contributed by atoms with Gasteiger partial charge in [0.2, 0.25) is 5.88 Å². The Morgan fingerprint density at radius 1 is 1.04 bits per heavy atom. The maximum atomic E-state index is 10.6. The van der Waals surface area contributed by atoms with Crippen LogP contribution >= 0.6 is 0 Å². The van der Waals surface area contributed by atoms with Crippen molar-refractivity contribution in [2.24, 2.45) is 22.7 Å². The lowest BCUT2D eigenvalue weighted by molar-refractivity contribution is -0.155. The smallest absolute Gasteiger partial charge is 0.307 e. The molecule has 7 aliphatic rings. The van der Waals surface area contributed by atoms with Crippen LogP contribution in [0.2, 0.25) is 0 Å². The Balaban J connectivity index is 0.000000394. The van der Waals surface area contributed by atoms with Gasteiger partial charge in [0.1, 0.15) is 18.4 Å². The molecule has 0 amide bonds. The van der Waals surface area contributed by atoms with Crippen LogP contribution in [0.1, 0.15) is 62.8 Å². The van der Waals surface area contributed by atoms with Crippen LogP contribution in [0, 0.1) is 29.1 Å². The number of methoxy groups -OCH3 is 1. The van der Waals surface area contributed by atoms with E-state index in [9.17, 15) is 10.1 Å². The average molecular weight is 771 g/mol. The number of hydrogen-bond acceptors (Lipinski definition) is 12. The molecule has 3 aliphatic carbocycles. The van der Waals surface area contributed by atoms with Gasteiger partial charge < -0.3 is 19.5 Å². The molecular weight excluding hydrogens is 721 g/mol. The first-order chi connectivity index (χ1) is 27.7. The maximum absolute atomic E-state index is 10.6. The number of piperidine rings is 1. The first kappa shape index (κ1) is 38.2. The molecule has 57 heavy (non-hydrogen) atoms. The second-order valence-electron chi connectivity index (χ2n) is 16.4. The fraction of sp³-hybridized carbons (Fsp3) is 0.465. The number of nitrogens with zero attached hydrogens (tertiary/aromatic N) is 10. The molecule has 4 aliphatic heterocycles. The summed E-state index contributed by atoms with van der Waals surface area (Å²) in [5.41, 5.74) is 4.51. The second kappa shape index (κ2) is 16.4. The second-order valence-corrected chi connectivity index (χ2v) is 16.4. The molecule has 8 heterocycles. The van der Waals surface area contributed by atoms with Gasteiger partial charge in [-0.15, -0.1) is 0 Å². The Morgan fingerprint density at radius 3 is 2.53 bits per heavy atom. The fourth-order valence-corrected chi connectivity index (χ4v) is 9.26. The van der Waals surface area contributed by atoms with Gasteiger partial charge in [0.15, 0.2) is 0 Å². The Bertz CT molecular complexity index is 2150. The zero-order valence-corrected chi connectivity index (χ0v) is 32.8. The number of piperazine rings is 1. The molecule has 4 atom stereocenters. The normalized spacial score (nSPS) is 23.8. The highest BCUT2D eigenvalue weighted by Crippen LogP contribution is 2.50. The van der Waals surface area contributed by atoms with Gasteiger partial charge in [0.25, 0.3) is 0 Å². The Hall–Kier alpha value is -5.65. The molecular formula is C43H50N10O4. The van der Waals surface area contributed by atoms with Crippen molar-refractivity contribution in [1.82, 2.24) is 39.3 Å². The number of aromatic nitrogens is 5. The molecule has 3 saturated heterocycles. The lowest BCUT2D eigenvalue weighted by Gasteiger charge is -2.57. The number of aliphatic carboxylic acids is 1. The molecule has 0 spiro atoms. The summed E-state index contributed by atoms with van der Waals surface area (Å²) in [5, 5.41) is 22.9. The molecule has 0 radical (unpaired) electrons. The zero-order valence-electron chi connectivity index (χ0n) is 32.8. The van der Waals surface area contributed by atoms with E-state index in [1.165, 1.54) is 24.8 Å². The molecule has 4 bridgehead atoms. The highest BCUT2D eigenvalue weighted by Gasteiger charge is 2.48. The number of carboxylic acid groups (broad SMARTS) is 1. The highest BCUT2D eigenvalue weighted by molar-refractivity contribution is 5.83. The number of fused-ring (bicyclic) bond motifs is 5. The topological polar surface area (TPSA) is 158 Å². The first-order valence-corrected chi connectivity index (χ1v) is 19.9. The molecule has 3 saturated carbocycles. The molecule has 11 rings (SSSR count). The van der Waals surface area contributed by atoms with E-state index < -0.39 is 5.97 Å². The molecule has 1 N–H and O–H groups in total. The quantitative estimate of drug-likeness (QED) is 0.192. The summed E-state index contributed by atoms with van der Waals surface area (Å²) in [6.07, 6.45) is 24.2. The summed E-state index contributed by atoms with van der Waals surface area (Å²) < 4.78 is 13.0. The van der Waals surface area contributed by atoms with Crippen molar-refractivity contribution >= 4 is 17.7 Å². The highest BCUT2D eigenvalue weighted by atomic mass is 16.5. The Morgan fingerprint density at radius 2 is 1.86 bits per heavy atom. The van der Waals surface area contributed by atoms with Crippen LogP contribution in [0.4, 0.5) is 0 Å². The van der Waals surface area contributed by atoms with Crippen LogP contribution in [-0.2, 0) is 16.8 Å². The van der Waals surface area contributed by atoms with Crippen LogP contribution in [0.5, 0.6) is 11.6 Å². The average Bonchev–Trinajstić information content (AvgIpc) is 3.46. The third-order valence-electron chi connectivity index (χ3n) is 12.2. The number of aliphatic imine (C=N–C) groups is 1. The number of nitriles is 1. The minimum Gasteiger partial charge on any atom is -0.490 e. The summed E-state index contributed by atoms with van der Waals surface area (Å²) in [6.45, 7) is 9.45. The van der Waals surface area contributed by atoms with Crippen molar-refractivity contribution in [1.29, 1.82) is 5.26 Å². The number of rotatable bonds is 12. The third kappa shape index (κ3) is 8.26.